The van der Waals surface area contributed by atoms with Crippen molar-refractivity contribution in [2.24, 2.45) is 5.41 Å². The molecule has 1 amide bonds. The fraction of sp³-hybridized carbons (Fsp3) is 0.348. The molecule has 0 bridgehead atoms. The molecule has 3 rings (SSSR count). The third-order valence-corrected chi connectivity index (χ3v) is 5.74. The Kier molecular flexibility index (Phi) is 7.71. The van der Waals surface area contributed by atoms with E-state index >= 15 is 0 Å². The van der Waals surface area contributed by atoms with E-state index in [1.54, 1.807) is 0 Å². The first kappa shape index (κ1) is 23.6. The van der Waals surface area contributed by atoms with Crippen molar-refractivity contribution in [3.63, 3.8) is 0 Å². The average Bonchev–Trinajstić information content (AvgIpc) is 3.36. The Balaban J connectivity index is 1.91. The minimum absolute atomic E-state index is 0.211. The summed E-state index contributed by atoms with van der Waals surface area (Å²) in [6, 6.07) is 17.7. The first-order valence-corrected chi connectivity index (χ1v) is 10.6. The van der Waals surface area contributed by atoms with Crippen LogP contribution in [0, 0.1) is 5.41 Å². The maximum absolute atomic E-state index is 12.5. The first-order chi connectivity index (χ1) is 15.4. The number of hydroxylamine groups is 2. The van der Waals surface area contributed by atoms with Gasteiger partial charge in [0.2, 0.25) is 6.23 Å². The third-order valence-electron chi connectivity index (χ3n) is 5.05. The lowest BCUT2D eigenvalue weighted by molar-refractivity contribution is -0.133. The Morgan fingerprint density at radius 2 is 1.78 bits per heavy atom. The number of benzene rings is 2. The van der Waals surface area contributed by atoms with E-state index in [2.05, 4.69) is 10.1 Å². The zero-order valence-electron chi connectivity index (χ0n) is 18.5. The second-order valence-electron chi connectivity index (χ2n) is 7.88. The second kappa shape index (κ2) is 10.5. The fourth-order valence-corrected chi connectivity index (χ4v) is 3.19. The van der Waals surface area contributed by atoms with Crippen LogP contribution < -0.4 is 4.74 Å². The molecular formula is C23H27ClN4O4. The van der Waals surface area contributed by atoms with Gasteiger partial charge in [0.25, 0.3) is 0 Å². The molecule has 3 aromatic rings. The number of nitrogens with zero attached hydrogens (tertiary/aromatic N) is 4. The fourth-order valence-electron chi connectivity index (χ4n) is 3.04. The van der Waals surface area contributed by atoms with Crippen LogP contribution in [0.1, 0.15) is 20.1 Å². The van der Waals surface area contributed by atoms with E-state index in [1.807, 2.05) is 68.4 Å². The molecule has 0 saturated heterocycles. The summed E-state index contributed by atoms with van der Waals surface area (Å²) in [5, 5.41) is 5.21. The summed E-state index contributed by atoms with van der Waals surface area (Å²) in [5.41, 5.74) is 1.50. The molecule has 0 aliphatic carbocycles. The standard InChI is InChI=1S/C23H27ClN4O4/c1-23(2,14-24)20(32-22(29)27(3)30-4)21(28-16-25-15-26-28)31-19-12-10-18(11-13-19)17-8-6-5-7-9-17/h5-13,15-16,20-21H,14H2,1-4H3. The molecule has 0 fully saturated rings. The van der Waals surface area contributed by atoms with Gasteiger partial charge >= 0.3 is 6.09 Å². The van der Waals surface area contributed by atoms with Crippen LogP contribution in [0.2, 0.25) is 0 Å². The normalized spacial score (nSPS) is 13.3. The molecule has 32 heavy (non-hydrogen) atoms. The Labute approximate surface area is 192 Å². The summed E-state index contributed by atoms with van der Waals surface area (Å²) >= 11 is 6.24. The van der Waals surface area contributed by atoms with Crippen LogP contribution in [0.25, 0.3) is 11.1 Å². The zero-order valence-corrected chi connectivity index (χ0v) is 19.3. The summed E-state index contributed by atoms with van der Waals surface area (Å²) in [7, 11) is 2.84. The van der Waals surface area contributed by atoms with Gasteiger partial charge in [0, 0.05) is 18.3 Å². The van der Waals surface area contributed by atoms with Crippen LogP contribution in [-0.2, 0) is 9.57 Å². The van der Waals surface area contributed by atoms with E-state index in [0.29, 0.717) is 5.75 Å². The van der Waals surface area contributed by atoms with Crippen molar-refractivity contribution in [2.45, 2.75) is 26.2 Å². The molecule has 8 nitrogen and oxygen atoms in total. The number of aromatic nitrogens is 3. The average molecular weight is 459 g/mol. The Morgan fingerprint density at radius 3 is 2.34 bits per heavy atom. The summed E-state index contributed by atoms with van der Waals surface area (Å²) < 4.78 is 13.6. The van der Waals surface area contributed by atoms with Gasteiger partial charge in [0.05, 0.1) is 7.11 Å². The minimum Gasteiger partial charge on any atom is -0.465 e. The number of carbonyl (C=O) groups is 1. The molecule has 0 spiro atoms. The van der Waals surface area contributed by atoms with Gasteiger partial charge in [0.15, 0.2) is 6.10 Å². The van der Waals surface area contributed by atoms with Crippen LogP contribution in [0.15, 0.2) is 67.3 Å². The molecule has 0 saturated carbocycles. The molecule has 0 aliphatic rings. The van der Waals surface area contributed by atoms with Gasteiger partial charge in [-0.05, 0) is 23.3 Å². The van der Waals surface area contributed by atoms with E-state index in [9.17, 15) is 4.79 Å². The highest BCUT2D eigenvalue weighted by molar-refractivity contribution is 6.18. The first-order valence-electron chi connectivity index (χ1n) is 10.1. The summed E-state index contributed by atoms with van der Waals surface area (Å²) in [4.78, 5) is 21.5. The Hall–Kier alpha value is -3.10. The van der Waals surface area contributed by atoms with Crippen LogP contribution in [-0.4, -0.2) is 52.1 Å². The molecule has 2 atom stereocenters. The van der Waals surface area contributed by atoms with E-state index in [4.69, 9.17) is 25.9 Å². The van der Waals surface area contributed by atoms with Crippen LogP contribution >= 0.6 is 11.6 Å². The summed E-state index contributed by atoms with van der Waals surface area (Å²) in [6.07, 6.45) is 0.601. The van der Waals surface area contributed by atoms with E-state index in [1.165, 1.54) is 31.5 Å². The number of ether oxygens (including phenoxy) is 2. The van der Waals surface area contributed by atoms with Gasteiger partial charge in [-0.2, -0.15) is 10.2 Å². The minimum atomic E-state index is -0.817. The molecule has 1 aromatic heterocycles. The molecule has 170 valence electrons. The van der Waals surface area contributed by atoms with Gasteiger partial charge in [0.1, 0.15) is 18.4 Å². The smallest absolute Gasteiger partial charge is 0.434 e. The van der Waals surface area contributed by atoms with Gasteiger partial charge in [-0.3, -0.25) is 4.84 Å². The van der Waals surface area contributed by atoms with Crippen molar-refractivity contribution >= 4 is 17.7 Å². The molecule has 1 heterocycles. The number of rotatable bonds is 9. The molecule has 0 aliphatic heterocycles. The highest BCUT2D eigenvalue weighted by atomic mass is 35.5. The van der Waals surface area contributed by atoms with Gasteiger partial charge in [-0.25, -0.2) is 14.5 Å². The zero-order chi connectivity index (χ0) is 23.1. The molecule has 2 aromatic carbocycles. The highest BCUT2D eigenvalue weighted by Gasteiger charge is 2.42. The van der Waals surface area contributed by atoms with E-state index in [-0.39, 0.29) is 5.88 Å². The quantitative estimate of drug-likeness (QED) is 0.339. The summed E-state index contributed by atoms with van der Waals surface area (Å²) in [6.45, 7) is 3.77. The third kappa shape index (κ3) is 5.57. The van der Waals surface area contributed by atoms with Crippen molar-refractivity contribution in [1.29, 1.82) is 0 Å². The Bertz CT molecular complexity index is 981. The van der Waals surface area contributed by atoms with Gasteiger partial charge in [-0.15, -0.1) is 11.6 Å². The topological polar surface area (TPSA) is 78.7 Å². The Morgan fingerprint density at radius 1 is 1.12 bits per heavy atom. The summed E-state index contributed by atoms with van der Waals surface area (Å²) in [5.74, 6) is 0.792. The number of carbonyl (C=O) groups excluding carboxylic acids is 1. The predicted molar refractivity (Wildman–Crippen MR) is 121 cm³/mol. The second-order valence-corrected chi connectivity index (χ2v) is 8.15. The number of amides is 1. The number of alkyl halides is 1. The largest absolute Gasteiger partial charge is 0.465 e. The monoisotopic (exact) mass is 458 g/mol. The van der Waals surface area contributed by atoms with Crippen molar-refractivity contribution in [3.8, 4) is 16.9 Å². The SMILES string of the molecule is CON(C)C(=O)OC(C(Oc1ccc(-c2ccccc2)cc1)n1cncn1)C(C)(C)CCl. The molecule has 0 radical (unpaired) electrons. The van der Waals surface area contributed by atoms with Crippen LogP contribution in [0.4, 0.5) is 4.79 Å². The lowest BCUT2D eigenvalue weighted by Gasteiger charge is -2.37. The molecule has 0 N–H and O–H groups in total. The molecule has 2 unspecified atom stereocenters. The van der Waals surface area contributed by atoms with Crippen molar-refractivity contribution in [3.05, 3.63) is 67.3 Å². The van der Waals surface area contributed by atoms with E-state index < -0.39 is 23.8 Å². The van der Waals surface area contributed by atoms with Crippen molar-refractivity contribution < 1.29 is 19.1 Å². The maximum Gasteiger partial charge on any atom is 0.434 e. The van der Waals surface area contributed by atoms with Crippen molar-refractivity contribution in [1.82, 2.24) is 19.8 Å². The predicted octanol–water partition coefficient (Wildman–Crippen LogP) is 4.79. The lowest BCUT2D eigenvalue weighted by atomic mass is 9.87. The maximum atomic E-state index is 12.5. The number of halogens is 1. The lowest BCUT2D eigenvalue weighted by Crippen LogP contribution is -2.46. The highest BCUT2D eigenvalue weighted by Crippen LogP contribution is 2.35. The number of hydrogen-bond acceptors (Lipinski definition) is 6. The molecular weight excluding hydrogens is 432 g/mol. The van der Waals surface area contributed by atoms with Crippen LogP contribution in [0.3, 0.4) is 0 Å². The van der Waals surface area contributed by atoms with Crippen LogP contribution in [0.5, 0.6) is 5.75 Å². The van der Waals surface area contributed by atoms with Gasteiger partial charge in [-0.1, -0.05) is 56.3 Å². The number of hydrogen-bond donors (Lipinski definition) is 0. The molecule has 9 heteroatoms. The van der Waals surface area contributed by atoms with Gasteiger partial charge < -0.3 is 9.47 Å². The van der Waals surface area contributed by atoms with E-state index in [0.717, 1.165) is 16.2 Å². The van der Waals surface area contributed by atoms with Crippen molar-refractivity contribution in [2.75, 3.05) is 20.0 Å².